The van der Waals surface area contributed by atoms with Gasteiger partial charge in [-0.15, -0.1) is 0 Å². The molecule has 2 aliphatic heterocycles. The van der Waals surface area contributed by atoms with Crippen LogP contribution in [0.5, 0.6) is 0 Å². The van der Waals surface area contributed by atoms with Crippen molar-refractivity contribution in [1.82, 2.24) is 10.2 Å². The Bertz CT molecular complexity index is 260. The number of hydrogen-bond donors (Lipinski definition) is 1. The van der Waals surface area contributed by atoms with Crippen molar-refractivity contribution in [2.24, 2.45) is 11.8 Å². The van der Waals surface area contributed by atoms with Crippen LogP contribution in [0.4, 0.5) is 0 Å². The van der Waals surface area contributed by atoms with E-state index in [0.717, 1.165) is 25.9 Å². The van der Waals surface area contributed by atoms with Crippen LogP contribution in [0.25, 0.3) is 0 Å². The molecule has 3 aliphatic rings. The molecule has 3 rings (SSSR count). The minimum Gasteiger partial charge on any atom is -0.342 e. The van der Waals surface area contributed by atoms with Crippen LogP contribution in [-0.2, 0) is 4.79 Å². The molecule has 3 atom stereocenters. The average Bonchev–Trinajstić information content (AvgIpc) is 2.74. The van der Waals surface area contributed by atoms with E-state index in [9.17, 15) is 4.79 Å². The lowest BCUT2D eigenvalue weighted by molar-refractivity contribution is -0.132. The van der Waals surface area contributed by atoms with E-state index in [1.807, 2.05) is 0 Å². The van der Waals surface area contributed by atoms with Gasteiger partial charge in [-0.3, -0.25) is 4.79 Å². The molecule has 0 aromatic rings. The summed E-state index contributed by atoms with van der Waals surface area (Å²) in [6.45, 7) is 3.21. The number of likely N-dealkylation sites (tertiary alicyclic amines) is 1. The smallest absolute Gasteiger partial charge is 0.226 e. The van der Waals surface area contributed by atoms with Gasteiger partial charge >= 0.3 is 0 Å². The van der Waals surface area contributed by atoms with Crippen LogP contribution < -0.4 is 5.32 Å². The van der Waals surface area contributed by atoms with Crippen molar-refractivity contribution in [2.45, 2.75) is 38.1 Å². The number of amides is 1. The first-order valence-electron chi connectivity index (χ1n) is 6.37. The van der Waals surface area contributed by atoms with E-state index in [2.05, 4.69) is 10.2 Å². The summed E-state index contributed by atoms with van der Waals surface area (Å²) >= 11 is 0. The lowest BCUT2D eigenvalue weighted by atomic mass is 9.76. The van der Waals surface area contributed by atoms with Crippen molar-refractivity contribution < 1.29 is 4.79 Å². The third-order valence-corrected chi connectivity index (χ3v) is 4.41. The van der Waals surface area contributed by atoms with Gasteiger partial charge in [0.25, 0.3) is 0 Å². The summed E-state index contributed by atoms with van der Waals surface area (Å²) in [5.74, 6) is 1.58. The Kier molecular flexibility index (Phi) is 2.43. The predicted octanol–water partition coefficient (Wildman–Crippen LogP) is 0.997. The van der Waals surface area contributed by atoms with Gasteiger partial charge in [-0.05, 0) is 44.6 Å². The van der Waals surface area contributed by atoms with Gasteiger partial charge in [0.2, 0.25) is 5.91 Å². The van der Waals surface area contributed by atoms with Crippen LogP contribution in [0.1, 0.15) is 32.1 Å². The fourth-order valence-electron chi connectivity index (χ4n) is 3.24. The lowest BCUT2D eigenvalue weighted by Gasteiger charge is -2.25. The molecule has 0 aromatic carbocycles. The van der Waals surface area contributed by atoms with Crippen molar-refractivity contribution in [3.8, 4) is 0 Å². The average molecular weight is 208 g/mol. The third kappa shape index (κ3) is 1.67. The van der Waals surface area contributed by atoms with E-state index in [4.69, 9.17) is 0 Å². The standard InChI is InChI=1S/C12H20N2O/c15-12-11-4-3-9(11)8-14(12)7-5-10-2-1-6-13-10/h9-11,13H,1-8H2. The largest absolute Gasteiger partial charge is 0.342 e. The van der Waals surface area contributed by atoms with Crippen molar-refractivity contribution >= 4 is 5.91 Å². The quantitative estimate of drug-likeness (QED) is 0.750. The van der Waals surface area contributed by atoms with E-state index in [0.29, 0.717) is 23.8 Å². The monoisotopic (exact) mass is 208 g/mol. The highest BCUT2D eigenvalue weighted by Gasteiger charge is 2.45. The van der Waals surface area contributed by atoms with Crippen molar-refractivity contribution in [1.29, 1.82) is 0 Å². The summed E-state index contributed by atoms with van der Waals surface area (Å²) in [6.07, 6.45) is 6.21. The molecule has 3 unspecified atom stereocenters. The minimum atomic E-state index is 0.418. The van der Waals surface area contributed by atoms with Gasteiger partial charge < -0.3 is 10.2 Å². The highest BCUT2D eigenvalue weighted by atomic mass is 16.2. The van der Waals surface area contributed by atoms with E-state index in [1.165, 1.54) is 25.8 Å². The van der Waals surface area contributed by atoms with Crippen LogP contribution in [0.2, 0.25) is 0 Å². The molecule has 1 amide bonds. The highest BCUT2D eigenvalue weighted by Crippen LogP contribution is 2.41. The molecule has 0 aromatic heterocycles. The Balaban J connectivity index is 1.49. The molecule has 0 radical (unpaired) electrons. The van der Waals surface area contributed by atoms with E-state index < -0.39 is 0 Å². The number of carbonyl (C=O) groups excluding carboxylic acids is 1. The van der Waals surface area contributed by atoms with Gasteiger partial charge in [0, 0.05) is 25.0 Å². The Morgan fingerprint density at radius 3 is 2.80 bits per heavy atom. The molecule has 84 valence electrons. The number of carbonyl (C=O) groups is 1. The second-order valence-electron chi connectivity index (χ2n) is 5.31. The third-order valence-electron chi connectivity index (χ3n) is 4.41. The molecule has 3 heteroatoms. The molecule has 2 saturated heterocycles. The second kappa shape index (κ2) is 3.78. The first-order valence-corrected chi connectivity index (χ1v) is 6.37. The summed E-state index contributed by atoms with van der Waals surface area (Å²) in [6, 6.07) is 0.677. The van der Waals surface area contributed by atoms with E-state index >= 15 is 0 Å². The van der Waals surface area contributed by atoms with Crippen LogP contribution in [0, 0.1) is 11.8 Å². The SMILES string of the molecule is O=C1C2CCC2CN1CCC1CCCN1. The maximum Gasteiger partial charge on any atom is 0.226 e. The minimum absolute atomic E-state index is 0.418. The Morgan fingerprint density at radius 1 is 1.33 bits per heavy atom. The topological polar surface area (TPSA) is 32.3 Å². The summed E-state index contributed by atoms with van der Waals surface area (Å²) < 4.78 is 0. The Hall–Kier alpha value is -0.570. The Labute approximate surface area is 91.2 Å². The van der Waals surface area contributed by atoms with Gasteiger partial charge in [-0.25, -0.2) is 0 Å². The fraction of sp³-hybridized carbons (Fsp3) is 0.917. The summed E-state index contributed by atoms with van der Waals surface area (Å²) in [4.78, 5) is 14.0. The Morgan fingerprint density at radius 2 is 2.27 bits per heavy atom. The molecule has 1 N–H and O–H groups in total. The number of nitrogens with zero attached hydrogens (tertiary/aromatic N) is 1. The predicted molar refractivity (Wildman–Crippen MR) is 58.4 cm³/mol. The number of fused-ring (bicyclic) bond motifs is 1. The van der Waals surface area contributed by atoms with Crippen molar-refractivity contribution in [3.05, 3.63) is 0 Å². The lowest BCUT2D eigenvalue weighted by Crippen LogP contribution is -2.32. The maximum absolute atomic E-state index is 11.9. The van der Waals surface area contributed by atoms with Crippen LogP contribution >= 0.6 is 0 Å². The van der Waals surface area contributed by atoms with Crippen LogP contribution in [0.15, 0.2) is 0 Å². The zero-order chi connectivity index (χ0) is 10.3. The van der Waals surface area contributed by atoms with E-state index in [-0.39, 0.29) is 0 Å². The van der Waals surface area contributed by atoms with Crippen LogP contribution in [-0.4, -0.2) is 36.5 Å². The molecule has 0 spiro atoms. The fourth-order valence-corrected chi connectivity index (χ4v) is 3.24. The van der Waals surface area contributed by atoms with Gasteiger partial charge in [-0.1, -0.05) is 0 Å². The number of hydrogen-bond acceptors (Lipinski definition) is 2. The molecule has 3 fully saturated rings. The van der Waals surface area contributed by atoms with Gasteiger partial charge in [0.1, 0.15) is 0 Å². The van der Waals surface area contributed by atoms with Gasteiger partial charge in [0.05, 0.1) is 0 Å². The zero-order valence-corrected chi connectivity index (χ0v) is 9.24. The second-order valence-corrected chi connectivity index (χ2v) is 5.31. The van der Waals surface area contributed by atoms with E-state index in [1.54, 1.807) is 0 Å². The number of nitrogens with one attached hydrogen (secondary N) is 1. The normalized spacial score (nSPS) is 39.3. The molecule has 1 aliphatic carbocycles. The molecule has 2 heterocycles. The first kappa shape index (κ1) is 9.64. The molecular weight excluding hydrogens is 188 g/mol. The van der Waals surface area contributed by atoms with Crippen molar-refractivity contribution in [3.63, 3.8) is 0 Å². The molecule has 1 saturated carbocycles. The summed E-state index contributed by atoms with van der Waals surface area (Å²) in [7, 11) is 0. The molecular formula is C12H20N2O. The van der Waals surface area contributed by atoms with Crippen LogP contribution in [0.3, 0.4) is 0 Å². The molecule has 15 heavy (non-hydrogen) atoms. The van der Waals surface area contributed by atoms with Gasteiger partial charge in [0.15, 0.2) is 0 Å². The summed E-state index contributed by atoms with van der Waals surface area (Å²) in [5.41, 5.74) is 0. The highest BCUT2D eigenvalue weighted by molar-refractivity contribution is 5.82. The summed E-state index contributed by atoms with van der Waals surface area (Å²) in [5, 5.41) is 3.50. The van der Waals surface area contributed by atoms with Crippen molar-refractivity contribution in [2.75, 3.05) is 19.6 Å². The first-order chi connectivity index (χ1) is 7.34. The maximum atomic E-state index is 11.9. The van der Waals surface area contributed by atoms with Gasteiger partial charge in [-0.2, -0.15) is 0 Å². The number of rotatable bonds is 3. The molecule has 0 bridgehead atoms. The molecule has 3 nitrogen and oxygen atoms in total. The zero-order valence-electron chi connectivity index (χ0n) is 9.24.